The number of thiocarbonyl (C=S) groups is 1. The van der Waals surface area contributed by atoms with E-state index in [-0.39, 0.29) is 5.82 Å². The summed E-state index contributed by atoms with van der Waals surface area (Å²) in [6.07, 6.45) is 0. The van der Waals surface area contributed by atoms with Crippen molar-refractivity contribution >= 4 is 23.0 Å². The Morgan fingerprint density at radius 1 is 1.04 bits per heavy atom. The maximum Gasteiger partial charge on any atom is 0.169 e. The molecule has 0 spiro atoms. The molecule has 0 aliphatic carbocycles. The number of anilines is 1. The van der Waals surface area contributed by atoms with Gasteiger partial charge in [-0.05, 0) is 54.2 Å². The second-order valence-electron chi connectivity index (χ2n) is 5.96. The first kappa shape index (κ1) is 17.5. The summed E-state index contributed by atoms with van der Waals surface area (Å²) < 4.78 is 18.1. The van der Waals surface area contributed by atoms with Gasteiger partial charge in [0.1, 0.15) is 11.6 Å². The van der Waals surface area contributed by atoms with E-state index in [2.05, 4.69) is 27.2 Å². The number of rotatable bonds is 4. The van der Waals surface area contributed by atoms with Gasteiger partial charge < -0.3 is 19.9 Å². The van der Waals surface area contributed by atoms with Gasteiger partial charge in [-0.25, -0.2) is 4.39 Å². The highest BCUT2D eigenvalue weighted by molar-refractivity contribution is 7.80. The summed E-state index contributed by atoms with van der Waals surface area (Å²) in [6.45, 7) is 4.20. The zero-order valence-corrected chi connectivity index (χ0v) is 15.1. The molecule has 6 heteroatoms. The lowest BCUT2D eigenvalue weighted by Crippen LogP contribution is -2.51. The van der Waals surface area contributed by atoms with Crippen molar-refractivity contribution in [3.63, 3.8) is 0 Å². The van der Waals surface area contributed by atoms with E-state index in [1.807, 2.05) is 12.1 Å². The number of methoxy groups -OCH3 is 1. The lowest BCUT2D eigenvalue weighted by Gasteiger charge is -2.37. The highest BCUT2D eigenvalue weighted by atomic mass is 32.1. The Balaban J connectivity index is 1.47. The largest absolute Gasteiger partial charge is 0.497 e. The van der Waals surface area contributed by atoms with E-state index in [1.54, 1.807) is 19.2 Å². The second-order valence-corrected chi connectivity index (χ2v) is 6.34. The molecule has 0 aromatic heterocycles. The van der Waals surface area contributed by atoms with Crippen LogP contribution in [0.2, 0.25) is 0 Å². The Morgan fingerprint density at radius 2 is 1.68 bits per heavy atom. The van der Waals surface area contributed by atoms with Crippen LogP contribution in [-0.2, 0) is 6.54 Å². The van der Waals surface area contributed by atoms with Gasteiger partial charge in [0.05, 0.1) is 7.11 Å². The summed E-state index contributed by atoms with van der Waals surface area (Å²) >= 11 is 5.49. The van der Waals surface area contributed by atoms with Gasteiger partial charge in [-0.2, -0.15) is 0 Å². The fourth-order valence-electron chi connectivity index (χ4n) is 2.85. The van der Waals surface area contributed by atoms with Crippen LogP contribution in [0, 0.1) is 5.82 Å². The van der Waals surface area contributed by atoms with E-state index in [9.17, 15) is 4.39 Å². The first-order valence-electron chi connectivity index (χ1n) is 8.32. The van der Waals surface area contributed by atoms with Gasteiger partial charge in [-0.1, -0.05) is 12.1 Å². The van der Waals surface area contributed by atoms with Crippen molar-refractivity contribution < 1.29 is 9.13 Å². The molecule has 1 fully saturated rings. The molecule has 1 N–H and O–H groups in total. The van der Waals surface area contributed by atoms with Gasteiger partial charge in [-0.15, -0.1) is 0 Å². The van der Waals surface area contributed by atoms with E-state index in [1.165, 1.54) is 17.8 Å². The summed E-state index contributed by atoms with van der Waals surface area (Å²) in [5, 5.41) is 4.01. The van der Waals surface area contributed by atoms with Crippen LogP contribution in [0.4, 0.5) is 10.1 Å². The van der Waals surface area contributed by atoms with Gasteiger partial charge in [0, 0.05) is 38.4 Å². The van der Waals surface area contributed by atoms with Crippen molar-refractivity contribution in [2.24, 2.45) is 0 Å². The molecule has 2 aromatic rings. The molecule has 1 saturated heterocycles. The third-order valence-corrected chi connectivity index (χ3v) is 4.76. The van der Waals surface area contributed by atoms with E-state index in [0.717, 1.165) is 42.6 Å². The zero-order chi connectivity index (χ0) is 17.6. The van der Waals surface area contributed by atoms with Gasteiger partial charge in [0.25, 0.3) is 0 Å². The lowest BCUT2D eigenvalue weighted by atomic mass is 10.2. The number of nitrogens with zero attached hydrogens (tertiary/aromatic N) is 2. The monoisotopic (exact) mass is 359 g/mol. The normalized spacial score (nSPS) is 14.3. The summed E-state index contributed by atoms with van der Waals surface area (Å²) in [5.74, 6) is 0.648. The highest BCUT2D eigenvalue weighted by Crippen LogP contribution is 2.20. The maximum atomic E-state index is 12.9. The van der Waals surface area contributed by atoms with Gasteiger partial charge in [0.15, 0.2) is 5.11 Å². The van der Waals surface area contributed by atoms with Crippen LogP contribution in [0.25, 0.3) is 0 Å². The molecule has 0 radical (unpaired) electrons. The van der Waals surface area contributed by atoms with Crippen LogP contribution in [-0.4, -0.2) is 43.3 Å². The number of hydrogen-bond acceptors (Lipinski definition) is 3. The van der Waals surface area contributed by atoms with Gasteiger partial charge >= 0.3 is 0 Å². The molecule has 0 unspecified atom stereocenters. The predicted molar refractivity (Wildman–Crippen MR) is 103 cm³/mol. The number of piperazine rings is 1. The minimum Gasteiger partial charge on any atom is -0.497 e. The summed E-state index contributed by atoms with van der Waals surface area (Å²) in [5.41, 5.74) is 2.21. The predicted octanol–water partition coefficient (Wildman–Crippen LogP) is 3.03. The molecule has 3 rings (SSSR count). The number of halogens is 1. The first-order valence-corrected chi connectivity index (χ1v) is 8.73. The van der Waals surface area contributed by atoms with Crippen LogP contribution in [0.3, 0.4) is 0 Å². The molecular weight excluding hydrogens is 337 g/mol. The highest BCUT2D eigenvalue weighted by Gasteiger charge is 2.19. The third kappa shape index (κ3) is 4.60. The maximum absolute atomic E-state index is 12.9. The summed E-state index contributed by atoms with van der Waals surface area (Å²) in [6, 6.07) is 14.6. The topological polar surface area (TPSA) is 27.7 Å². The van der Waals surface area contributed by atoms with Crippen molar-refractivity contribution in [1.82, 2.24) is 10.2 Å². The zero-order valence-electron chi connectivity index (χ0n) is 14.2. The fourth-order valence-corrected chi connectivity index (χ4v) is 3.11. The molecule has 1 aliphatic rings. The molecule has 4 nitrogen and oxygen atoms in total. The van der Waals surface area contributed by atoms with E-state index in [0.29, 0.717) is 6.54 Å². The summed E-state index contributed by atoms with van der Waals surface area (Å²) in [4.78, 5) is 4.53. The SMILES string of the molecule is COc1ccc(N2CCN(C(=S)NCc3ccc(F)cc3)CC2)cc1. The standard InChI is InChI=1S/C19H22FN3OS/c1-24-18-8-6-17(7-9-18)22-10-12-23(13-11-22)19(25)21-14-15-2-4-16(20)5-3-15/h2-9H,10-14H2,1H3,(H,21,25). The number of benzene rings is 2. The van der Waals surface area contributed by atoms with Crippen LogP contribution in [0.1, 0.15) is 5.56 Å². The Labute approximate surface area is 153 Å². The molecule has 25 heavy (non-hydrogen) atoms. The number of hydrogen-bond donors (Lipinski definition) is 1. The Bertz CT molecular complexity index is 698. The first-order chi connectivity index (χ1) is 12.2. The van der Waals surface area contributed by atoms with Crippen molar-refractivity contribution in [3.05, 3.63) is 59.9 Å². The average Bonchev–Trinajstić information content (AvgIpc) is 2.67. The van der Waals surface area contributed by atoms with Crippen LogP contribution in [0.15, 0.2) is 48.5 Å². The van der Waals surface area contributed by atoms with Crippen molar-refractivity contribution in [1.29, 1.82) is 0 Å². The lowest BCUT2D eigenvalue weighted by molar-refractivity contribution is 0.380. The van der Waals surface area contributed by atoms with E-state index < -0.39 is 0 Å². The van der Waals surface area contributed by atoms with Gasteiger partial charge in [-0.3, -0.25) is 0 Å². The molecule has 2 aromatic carbocycles. The van der Waals surface area contributed by atoms with Gasteiger partial charge in [0.2, 0.25) is 0 Å². The van der Waals surface area contributed by atoms with Crippen molar-refractivity contribution in [2.75, 3.05) is 38.2 Å². The van der Waals surface area contributed by atoms with E-state index in [4.69, 9.17) is 17.0 Å². The molecule has 1 aliphatic heterocycles. The Morgan fingerprint density at radius 3 is 2.28 bits per heavy atom. The third-order valence-electron chi connectivity index (χ3n) is 4.36. The van der Waals surface area contributed by atoms with Crippen LogP contribution < -0.4 is 15.0 Å². The average molecular weight is 359 g/mol. The molecule has 0 amide bonds. The molecule has 1 heterocycles. The summed E-state index contributed by atoms with van der Waals surface area (Å²) in [7, 11) is 1.67. The molecule has 132 valence electrons. The minimum atomic E-state index is -0.221. The molecule has 0 bridgehead atoms. The second kappa shape index (κ2) is 8.16. The smallest absolute Gasteiger partial charge is 0.169 e. The van der Waals surface area contributed by atoms with Crippen LogP contribution in [0.5, 0.6) is 5.75 Å². The van der Waals surface area contributed by atoms with Crippen LogP contribution >= 0.6 is 12.2 Å². The molecule has 0 atom stereocenters. The number of ether oxygens (including phenoxy) is 1. The van der Waals surface area contributed by atoms with E-state index >= 15 is 0 Å². The number of nitrogens with one attached hydrogen (secondary N) is 1. The van der Waals surface area contributed by atoms with Crippen molar-refractivity contribution in [2.45, 2.75) is 6.54 Å². The molecule has 0 saturated carbocycles. The Hall–Kier alpha value is -2.34. The fraction of sp³-hybridized carbons (Fsp3) is 0.316. The minimum absolute atomic E-state index is 0.221. The Kier molecular flexibility index (Phi) is 5.71. The quantitative estimate of drug-likeness (QED) is 0.847. The van der Waals surface area contributed by atoms with Crippen molar-refractivity contribution in [3.8, 4) is 5.75 Å². The molecular formula is C19H22FN3OS.